The van der Waals surface area contributed by atoms with Crippen molar-refractivity contribution in [1.29, 1.82) is 0 Å². The van der Waals surface area contributed by atoms with Crippen molar-refractivity contribution in [3.05, 3.63) is 35.4 Å². The zero-order valence-corrected chi connectivity index (χ0v) is 13.4. The van der Waals surface area contributed by atoms with Crippen LogP contribution in [0.15, 0.2) is 24.3 Å². The Kier molecular flexibility index (Phi) is 4.31. The molecule has 1 aromatic carbocycles. The van der Waals surface area contributed by atoms with Crippen molar-refractivity contribution in [2.24, 2.45) is 5.92 Å². The summed E-state index contributed by atoms with van der Waals surface area (Å²) in [5, 5.41) is 2.40. The van der Waals surface area contributed by atoms with Crippen molar-refractivity contribution >= 4 is 11.7 Å². The van der Waals surface area contributed by atoms with Crippen LogP contribution in [-0.4, -0.2) is 23.4 Å². The van der Waals surface area contributed by atoms with Gasteiger partial charge in [-0.1, -0.05) is 18.2 Å². The fraction of sp³-hybridized carbons (Fsp3) is 0.529. The number of alkyl halides is 6. The van der Waals surface area contributed by atoms with Crippen molar-refractivity contribution in [2.45, 2.75) is 49.5 Å². The van der Waals surface area contributed by atoms with Crippen LogP contribution in [0, 0.1) is 5.92 Å². The molecule has 0 radical (unpaired) electrons. The van der Waals surface area contributed by atoms with Crippen LogP contribution in [0.2, 0.25) is 0 Å². The van der Waals surface area contributed by atoms with E-state index in [-0.39, 0.29) is 25.7 Å². The second-order valence-corrected chi connectivity index (χ2v) is 6.77. The van der Waals surface area contributed by atoms with Gasteiger partial charge in [0.1, 0.15) is 5.92 Å². The molecule has 1 unspecified atom stereocenters. The van der Waals surface area contributed by atoms with Crippen LogP contribution in [0.5, 0.6) is 0 Å². The monoisotopic (exact) mass is 379 g/mol. The number of Topliss-reactive ketones (excluding diaryl/α,β-unsaturated/α-hetero) is 1. The molecule has 2 aliphatic rings. The third-order valence-corrected chi connectivity index (χ3v) is 5.24. The summed E-state index contributed by atoms with van der Waals surface area (Å²) in [5.74, 6) is -4.90. The minimum absolute atomic E-state index is 0.230. The van der Waals surface area contributed by atoms with Crippen LogP contribution < -0.4 is 5.32 Å². The van der Waals surface area contributed by atoms with E-state index in [0.717, 1.165) is 18.2 Å². The third kappa shape index (κ3) is 3.07. The van der Waals surface area contributed by atoms with E-state index < -0.39 is 52.5 Å². The molecule has 9 heteroatoms. The number of halogens is 6. The quantitative estimate of drug-likeness (QED) is 0.593. The average molecular weight is 379 g/mol. The molecule has 1 aliphatic heterocycles. The number of hydrogen-bond donors (Lipinski definition) is 1. The molecule has 1 amide bonds. The van der Waals surface area contributed by atoms with E-state index in [2.05, 4.69) is 5.32 Å². The fourth-order valence-electron chi connectivity index (χ4n) is 3.86. The topological polar surface area (TPSA) is 46.2 Å². The maximum atomic E-state index is 13.2. The Bertz CT molecular complexity index is 732. The largest absolute Gasteiger partial charge is 0.416 e. The first-order valence-electron chi connectivity index (χ1n) is 8.05. The highest BCUT2D eigenvalue weighted by molar-refractivity contribution is 6.17. The molecule has 1 spiro atoms. The average Bonchev–Trinajstić information content (AvgIpc) is 2.76. The first-order chi connectivity index (χ1) is 12.0. The van der Waals surface area contributed by atoms with Gasteiger partial charge in [-0.2, -0.15) is 26.3 Å². The minimum Gasteiger partial charge on any atom is -0.343 e. The lowest BCUT2D eigenvalue weighted by atomic mass is 9.72. The molecule has 1 atom stereocenters. The number of benzene rings is 1. The van der Waals surface area contributed by atoms with Crippen molar-refractivity contribution in [2.75, 3.05) is 0 Å². The Morgan fingerprint density at radius 2 is 1.54 bits per heavy atom. The van der Waals surface area contributed by atoms with Gasteiger partial charge < -0.3 is 5.32 Å². The number of hydrogen-bond acceptors (Lipinski definition) is 2. The van der Waals surface area contributed by atoms with E-state index in [4.69, 9.17) is 0 Å². The number of ketones is 1. The molecule has 2 fully saturated rings. The van der Waals surface area contributed by atoms with Gasteiger partial charge in [0.05, 0.1) is 17.0 Å². The van der Waals surface area contributed by atoms with Gasteiger partial charge in [0, 0.05) is 0 Å². The van der Waals surface area contributed by atoms with Crippen molar-refractivity contribution in [3.63, 3.8) is 0 Å². The Morgan fingerprint density at radius 1 is 0.962 bits per heavy atom. The molecule has 142 valence electrons. The lowest BCUT2D eigenvalue weighted by Gasteiger charge is -2.36. The van der Waals surface area contributed by atoms with Gasteiger partial charge in [-0.15, -0.1) is 0 Å². The summed E-state index contributed by atoms with van der Waals surface area (Å²) < 4.78 is 78.1. The van der Waals surface area contributed by atoms with E-state index in [9.17, 15) is 35.9 Å². The molecule has 0 aromatic heterocycles. The lowest BCUT2D eigenvalue weighted by Crippen LogP contribution is -2.50. The first kappa shape index (κ1) is 18.7. The molecular formula is C17H15F6NO2. The summed E-state index contributed by atoms with van der Waals surface area (Å²) in [7, 11) is 0. The highest BCUT2D eigenvalue weighted by Crippen LogP contribution is 2.46. The molecule has 26 heavy (non-hydrogen) atoms. The Hall–Kier alpha value is -2.06. The second-order valence-electron chi connectivity index (χ2n) is 6.77. The number of nitrogens with one attached hydrogen (secondary N) is 1. The molecular weight excluding hydrogens is 364 g/mol. The van der Waals surface area contributed by atoms with Gasteiger partial charge >= 0.3 is 12.4 Å². The molecule has 1 N–H and O–H groups in total. The summed E-state index contributed by atoms with van der Waals surface area (Å²) in [6, 6.07) is 4.28. The molecule has 0 bridgehead atoms. The fourth-order valence-corrected chi connectivity index (χ4v) is 3.86. The van der Waals surface area contributed by atoms with E-state index in [0.29, 0.717) is 0 Å². The molecule has 3 rings (SSSR count). The molecule has 3 nitrogen and oxygen atoms in total. The molecule has 1 heterocycles. The van der Waals surface area contributed by atoms with Crippen molar-refractivity contribution < 1.29 is 35.9 Å². The summed E-state index contributed by atoms with van der Waals surface area (Å²) in [6.45, 7) is 0. The first-order valence-corrected chi connectivity index (χ1v) is 8.05. The zero-order valence-electron chi connectivity index (χ0n) is 13.4. The van der Waals surface area contributed by atoms with Crippen molar-refractivity contribution in [3.8, 4) is 0 Å². The summed E-state index contributed by atoms with van der Waals surface area (Å²) in [6.07, 6.45) is -10.3. The number of carbonyl (C=O) groups excluding carboxylic acids is 2. The van der Waals surface area contributed by atoms with Gasteiger partial charge in [0.15, 0.2) is 5.78 Å². The van der Waals surface area contributed by atoms with E-state index >= 15 is 0 Å². The maximum absolute atomic E-state index is 13.2. The second kappa shape index (κ2) is 5.99. The van der Waals surface area contributed by atoms with Crippen molar-refractivity contribution in [1.82, 2.24) is 5.32 Å². The molecule has 1 aromatic rings. The SMILES string of the molecule is O=C1NC2(CCC(C(F)(F)F)CC2)C(=O)C1c1ccccc1C(F)(F)F. The molecule has 1 saturated carbocycles. The highest BCUT2D eigenvalue weighted by atomic mass is 19.4. The maximum Gasteiger partial charge on any atom is 0.416 e. The van der Waals surface area contributed by atoms with Crippen LogP contribution in [0.25, 0.3) is 0 Å². The smallest absolute Gasteiger partial charge is 0.343 e. The van der Waals surface area contributed by atoms with Gasteiger partial charge in [-0.25, -0.2) is 0 Å². The summed E-state index contributed by atoms with van der Waals surface area (Å²) in [4.78, 5) is 25.1. The molecule has 1 saturated heterocycles. The van der Waals surface area contributed by atoms with Gasteiger partial charge in [-0.3, -0.25) is 9.59 Å². The predicted octanol–water partition coefficient (Wildman–Crippen LogP) is 3.98. The van der Waals surface area contributed by atoms with Crippen LogP contribution in [-0.2, 0) is 15.8 Å². The third-order valence-electron chi connectivity index (χ3n) is 5.24. The van der Waals surface area contributed by atoms with Crippen LogP contribution in [0.3, 0.4) is 0 Å². The van der Waals surface area contributed by atoms with Crippen LogP contribution in [0.1, 0.15) is 42.7 Å². The number of rotatable bonds is 1. The predicted molar refractivity (Wildman–Crippen MR) is 78.1 cm³/mol. The summed E-state index contributed by atoms with van der Waals surface area (Å²) >= 11 is 0. The summed E-state index contributed by atoms with van der Waals surface area (Å²) in [5.41, 5.74) is -3.06. The Balaban J connectivity index is 1.90. The van der Waals surface area contributed by atoms with E-state index in [1.54, 1.807) is 0 Å². The van der Waals surface area contributed by atoms with Gasteiger partial charge in [-0.05, 0) is 37.3 Å². The van der Waals surface area contributed by atoms with Crippen LogP contribution >= 0.6 is 0 Å². The van der Waals surface area contributed by atoms with Gasteiger partial charge in [0.25, 0.3) is 0 Å². The standard InChI is InChI=1S/C17H15F6NO2/c18-16(19,20)9-5-7-15(8-6-9)13(25)12(14(26)24-15)10-3-1-2-4-11(10)17(21,22)23/h1-4,9,12H,5-8H2,(H,24,26). The Labute approximate surface area is 144 Å². The number of amides is 1. The normalized spacial score (nSPS) is 29.9. The van der Waals surface area contributed by atoms with Gasteiger partial charge in [0.2, 0.25) is 5.91 Å². The highest BCUT2D eigenvalue weighted by Gasteiger charge is 2.57. The Morgan fingerprint density at radius 3 is 2.08 bits per heavy atom. The minimum atomic E-state index is -4.75. The number of carbonyl (C=O) groups is 2. The van der Waals surface area contributed by atoms with Crippen LogP contribution in [0.4, 0.5) is 26.3 Å². The zero-order chi connectivity index (χ0) is 19.3. The lowest BCUT2D eigenvalue weighted by molar-refractivity contribution is -0.185. The molecule has 1 aliphatic carbocycles. The van der Waals surface area contributed by atoms with E-state index in [1.807, 2.05) is 0 Å². The van der Waals surface area contributed by atoms with E-state index in [1.165, 1.54) is 6.07 Å².